The molecule has 0 radical (unpaired) electrons. The summed E-state index contributed by atoms with van der Waals surface area (Å²) in [4.78, 5) is 0. The Morgan fingerprint density at radius 2 is 1.19 bits per heavy atom. The van der Waals surface area contributed by atoms with Crippen LogP contribution in [0.1, 0.15) is 0 Å². The molecule has 0 aliphatic carbocycles. The van der Waals surface area contributed by atoms with Crippen molar-refractivity contribution in [1.82, 2.24) is 0 Å². The van der Waals surface area contributed by atoms with Gasteiger partial charge in [-0.3, -0.25) is 0 Å². The van der Waals surface area contributed by atoms with Crippen molar-refractivity contribution >= 4 is 33.5 Å². The second-order valence-electron chi connectivity index (χ2n) is 6.32. The van der Waals surface area contributed by atoms with E-state index in [9.17, 15) is 0 Å². The maximum atomic E-state index is 6.49. The van der Waals surface area contributed by atoms with Gasteiger partial charge in [0.2, 0.25) is 0 Å². The van der Waals surface area contributed by atoms with Crippen LogP contribution in [0.5, 0.6) is 0 Å². The van der Waals surface area contributed by atoms with Crippen LogP contribution in [-0.4, -0.2) is 0 Å². The molecule has 0 aliphatic heterocycles. The Balaban J connectivity index is 1.90. The van der Waals surface area contributed by atoms with E-state index in [4.69, 9.17) is 16.0 Å². The molecule has 0 unspecified atom stereocenters. The fourth-order valence-corrected chi connectivity index (χ4v) is 3.77. The normalized spacial score (nSPS) is 11.3. The molecule has 0 amide bonds. The lowest BCUT2D eigenvalue weighted by Gasteiger charge is -2.05. The molecular formula is C24H15ClO. The van der Waals surface area contributed by atoms with Crippen molar-refractivity contribution in [3.05, 3.63) is 96.0 Å². The molecule has 0 N–H and O–H groups in total. The second-order valence-corrected chi connectivity index (χ2v) is 6.72. The van der Waals surface area contributed by atoms with Crippen LogP contribution in [0.3, 0.4) is 0 Å². The van der Waals surface area contributed by atoms with Crippen LogP contribution in [0.15, 0.2) is 95.4 Å². The zero-order chi connectivity index (χ0) is 17.5. The first-order valence-corrected chi connectivity index (χ1v) is 8.95. The van der Waals surface area contributed by atoms with E-state index in [1.807, 2.05) is 42.5 Å². The molecule has 0 atom stereocenters. The minimum atomic E-state index is 0.634. The van der Waals surface area contributed by atoms with Crippen LogP contribution in [0.2, 0.25) is 5.02 Å². The molecule has 1 aromatic heterocycles. The first-order valence-electron chi connectivity index (χ1n) is 8.57. The number of halogens is 1. The van der Waals surface area contributed by atoms with Gasteiger partial charge in [-0.05, 0) is 22.8 Å². The lowest BCUT2D eigenvalue weighted by atomic mass is 9.97. The monoisotopic (exact) mass is 354 g/mol. The molecule has 5 rings (SSSR count). The van der Waals surface area contributed by atoms with E-state index in [1.165, 1.54) is 0 Å². The highest BCUT2D eigenvalue weighted by atomic mass is 35.5. The summed E-state index contributed by atoms with van der Waals surface area (Å²) in [5.41, 5.74) is 6.12. The molecule has 0 fully saturated rings. The maximum Gasteiger partial charge on any atom is 0.154 e. The van der Waals surface area contributed by atoms with Gasteiger partial charge in [-0.15, -0.1) is 0 Å². The fraction of sp³-hybridized carbons (Fsp3) is 0. The van der Waals surface area contributed by atoms with Crippen molar-refractivity contribution in [3.8, 4) is 22.3 Å². The summed E-state index contributed by atoms with van der Waals surface area (Å²) < 4.78 is 6.30. The molecule has 26 heavy (non-hydrogen) atoms. The average molecular weight is 355 g/mol. The molecule has 0 saturated heterocycles. The molecular weight excluding hydrogens is 340 g/mol. The van der Waals surface area contributed by atoms with Crippen molar-refractivity contribution in [2.75, 3.05) is 0 Å². The number of rotatable bonds is 2. The number of para-hydroxylation sites is 1. The highest BCUT2D eigenvalue weighted by Gasteiger charge is 2.17. The smallest absolute Gasteiger partial charge is 0.154 e. The molecule has 4 aromatic carbocycles. The molecule has 0 bridgehead atoms. The summed E-state index contributed by atoms with van der Waals surface area (Å²) >= 11 is 6.49. The molecule has 5 aromatic rings. The van der Waals surface area contributed by atoms with Crippen LogP contribution in [0.4, 0.5) is 0 Å². The maximum absolute atomic E-state index is 6.49. The Labute approximate surface area is 156 Å². The predicted octanol–water partition coefficient (Wildman–Crippen LogP) is 7.57. The lowest BCUT2D eigenvalue weighted by Crippen LogP contribution is -1.80. The molecule has 2 heteroatoms. The number of furan rings is 1. The van der Waals surface area contributed by atoms with Crippen molar-refractivity contribution < 1.29 is 4.42 Å². The van der Waals surface area contributed by atoms with E-state index < -0.39 is 0 Å². The van der Waals surface area contributed by atoms with Gasteiger partial charge in [-0.2, -0.15) is 0 Å². The van der Waals surface area contributed by atoms with Gasteiger partial charge in [0.1, 0.15) is 5.58 Å². The topological polar surface area (TPSA) is 13.1 Å². The van der Waals surface area contributed by atoms with Gasteiger partial charge in [-0.25, -0.2) is 0 Å². The lowest BCUT2D eigenvalue weighted by molar-refractivity contribution is 0.670. The van der Waals surface area contributed by atoms with Crippen LogP contribution in [0.25, 0.3) is 44.2 Å². The van der Waals surface area contributed by atoms with Gasteiger partial charge in [-0.1, -0.05) is 96.5 Å². The van der Waals surface area contributed by atoms with Gasteiger partial charge in [0, 0.05) is 16.3 Å². The van der Waals surface area contributed by atoms with Gasteiger partial charge in [0.15, 0.2) is 5.58 Å². The van der Waals surface area contributed by atoms with Crippen LogP contribution in [0, 0.1) is 0 Å². The van der Waals surface area contributed by atoms with Crippen LogP contribution in [-0.2, 0) is 0 Å². The molecule has 0 spiro atoms. The molecule has 0 aliphatic rings. The summed E-state index contributed by atoms with van der Waals surface area (Å²) in [6, 6.07) is 30.9. The average Bonchev–Trinajstić information content (AvgIpc) is 3.10. The summed E-state index contributed by atoms with van der Waals surface area (Å²) in [5.74, 6) is 0. The molecule has 1 nitrogen and oxygen atoms in total. The first kappa shape index (κ1) is 15.2. The highest BCUT2D eigenvalue weighted by Crippen LogP contribution is 2.42. The third-order valence-corrected chi connectivity index (χ3v) is 5.07. The van der Waals surface area contributed by atoms with E-state index in [0.717, 1.165) is 44.2 Å². The van der Waals surface area contributed by atoms with E-state index in [-0.39, 0.29) is 0 Å². The van der Waals surface area contributed by atoms with E-state index >= 15 is 0 Å². The van der Waals surface area contributed by atoms with Gasteiger partial charge >= 0.3 is 0 Å². The summed E-state index contributed by atoms with van der Waals surface area (Å²) in [6.45, 7) is 0. The number of fused-ring (bicyclic) bond motifs is 3. The van der Waals surface area contributed by atoms with Crippen molar-refractivity contribution in [2.45, 2.75) is 0 Å². The number of benzene rings is 4. The number of hydrogen-bond donors (Lipinski definition) is 0. The van der Waals surface area contributed by atoms with Crippen molar-refractivity contribution in [3.63, 3.8) is 0 Å². The van der Waals surface area contributed by atoms with E-state index in [0.29, 0.717) is 5.02 Å². The zero-order valence-corrected chi connectivity index (χ0v) is 14.7. The van der Waals surface area contributed by atoms with Gasteiger partial charge < -0.3 is 4.42 Å². The van der Waals surface area contributed by atoms with Crippen LogP contribution < -0.4 is 0 Å². The van der Waals surface area contributed by atoms with E-state index in [2.05, 4.69) is 48.5 Å². The first-order chi connectivity index (χ1) is 12.8. The quantitative estimate of drug-likeness (QED) is 0.318. The van der Waals surface area contributed by atoms with Crippen molar-refractivity contribution in [1.29, 1.82) is 0 Å². The molecule has 124 valence electrons. The Bertz CT molecular complexity index is 1220. The molecule has 1 heterocycles. The fourth-order valence-electron chi connectivity index (χ4n) is 3.57. The van der Waals surface area contributed by atoms with E-state index in [1.54, 1.807) is 0 Å². The van der Waals surface area contributed by atoms with Crippen LogP contribution >= 0.6 is 11.6 Å². The standard InChI is InChI=1S/C24H15ClO/c25-21-15-14-18(16-8-3-1-4-9-16)22-20-13-7-12-19(23(20)26-24(21)22)17-10-5-2-6-11-17/h1-15H. The predicted molar refractivity (Wildman–Crippen MR) is 110 cm³/mol. The Hall–Kier alpha value is -3.03. The summed E-state index contributed by atoms with van der Waals surface area (Å²) in [5, 5.41) is 2.79. The van der Waals surface area contributed by atoms with Crippen molar-refractivity contribution in [2.24, 2.45) is 0 Å². The second kappa shape index (κ2) is 6.05. The molecule has 0 saturated carbocycles. The third kappa shape index (κ3) is 2.33. The summed E-state index contributed by atoms with van der Waals surface area (Å²) in [6.07, 6.45) is 0. The Morgan fingerprint density at radius 3 is 1.88 bits per heavy atom. The minimum Gasteiger partial charge on any atom is -0.454 e. The summed E-state index contributed by atoms with van der Waals surface area (Å²) in [7, 11) is 0. The Morgan fingerprint density at radius 1 is 0.538 bits per heavy atom. The highest BCUT2D eigenvalue weighted by molar-refractivity contribution is 6.36. The minimum absolute atomic E-state index is 0.634. The SMILES string of the molecule is Clc1ccc(-c2ccccc2)c2c1oc1c(-c3ccccc3)cccc12. The largest absolute Gasteiger partial charge is 0.454 e. The number of hydrogen-bond acceptors (Lipinski definition) is 1. The van der Waals surface area contributed by atoms with Gasteiger partial charge in [0.05, 0.1) is 5.02 Å². The third-order valence-electron chi connectivity index (χ3n) is 4.77. The zero-order valence-electron chi connectivity index (χ0n) is 13.9. The Kier molecular flexibility index (Phi) is 3.55. The van der Waals surface area contributed by atoms with Gasteiger partial charge in [0.25, 0.3) is 0 Å².